The van der Waals surface area contributed by atoms with E-state index in [-0.39, 0.29) is 23.8 Å². The van der Waals surface area contributed by atoms with E-state index in [4.69, 9.17) is 11.1 Å². The summed E-state index contributed by atoms with van der Waals surface area (Å²) in [5.41, 5.74) is 5.40. The number of amides is 2. The molecule has 1 aliphatic rings. The fourth-order valence-corrected chi connectivity index (χ4v) is 1.52. The number of amidine groups is 1. The van der Waals surface area contributed by atoms with Gasteiger partial charge in [0.05, 0.1) is 6.04 Å². The number of hydrogen-bond donors (Lipinski definition) is 4. The Balaban J connectivity index is 2.36. The van der Waals surface area contributed by atoms with Crippen LogP contribution in [0.5, 0.6) is 0 Å². The average molecular weight is 212 g/mol. The largest absolute Gasteiger partial charge is 0.386 e. The summed E-state index contributed by atoms with van der Waals surface area (Å²) in [7, 11) is 0. The highest BCUT2D eigenvalue weighted by atomic mass is 16.2. The normalized spacial score (nSPS) is 18.1. The summed E-state index contributed by atoms with van der Waals surface area (Å²) < 4.78 is 0. The van der Waals surface area contributed by atoms with Crippen LogP contribution in [0.15, 0.2) is 0 Å². The molecule has 0 bridgehead atoms. The first-order valence-electron chi connectivity index (χ1n) is 5.41. The van der Waals surface area contributed by atoms with Crippen molar-refractivity contribution in [3.05, 3.63) is 0 Å². The predicted octanol–water partition coefficient (Wildman–Crippen LogP) is 0.799. The van der Waals surface area contributed by atoms with Gasteiger partial charge in [-0.3, -0.25) is 5.41 Å². The first-order valence-corrected chi connectivity index (χ1v) is 5.41. The standard InChI is InChI=1S/C10H20N4O/c1-6(2)8(9(11)12)14-10(15)13-7-4-3-5-7/h6-8H,3-5H2,1-2H3,(H3,11,12)(H2,13,14,15). The molecule has 0 aromatic rings. The first kappa shape index (κ1) is 11.8. The van der Waals surface area contributed by atoms with Crippen molar-refractivity contribution in [3.63, 3.8) is 0 Å². The van der Waals surface area contributed by atoms with Crippen LogP contribution in [0, 0.1) is 11.3 Å². The molecule has 1 atom stereocenters. The molecule has 1 aliphatic carbocycles. The van der Waals surface area contributed by atoms with Gasteiger partial charge < -0.3 is 16.4 Å². The highest BCUT2D eigenvalue weighted by molar-refractivity contribution is 5.88. The van der Waals surface area contributed by atoms with Crippen molar-refractivity contribution < 1.29 is 4.79 Å². The molecule has 1 rings (SSSR count). The molecular formula is C10H20N4O. The van der Waals surface area contributed by atoms with Crippen molar-refractivity contribution in [2.45, 2.75) is 45.2 Å². The fraction of sp³-hybridized carbons (Fsp3) is 0.800. The molecule has 0 radical (unpaired) electrons. The Kier molecular flexibility index (Phi) is 3.94. The summed E-state index contributed by atoms with van der Waals surface area (Å²) in [5.74, 6) is 0.142. The number of nitrogens with one attached hydrogen (secondary N) is 3. The number of hydrogen-bond acceptors (Lipinski definition) is 2. The van der Waals surface area contributed by atoms with E-state index in [1.807, 2.05) is 13.8 Å². The molecular weight excluding hydrogens is 192 g/mol. The summed E-state index contributed by atoms with van der Waals surface area (Å²) in [6.07, 6.45) is 3.30. The third kappa shape index (κ3) is 3.42. The maximum Gasteiger partial charge on any atom is 0.315 e. The van der Waals surface area contributed by atoms with Gasteiger partial charge in [-0.25, -0.2) is 4.79 Å². The van der Waals surface area contributed by atoms with E-state index in [0.29, 0.717) is 6.04 Å². The zero-order valence-corrected chi connectivity index (χ0v) is 9.34. The number of nitrogens with two attached hydrogens (primary N) is 1. The van der Waals surface area contributed by atoms with Gasteiger partial charge in [-0.05, 0) is 25.2 Å². The second-order valence-corrected chi connectivity index (χ2v) is 4.42. The molecule has 15 heavy (non-hydrogen) atoms. The minimum Gasteiger partial charge on any atom is -0.386 e. The molecule has 5 nitrogen and oxygen atoms in total. The molecule has 0 heterocycles. The van der Waals surface area contributed by atoms with Gasteiger partial charge in [0, 0.05) is 6.04 Å². The molecule has 86 valence electrons. The molecule has 5 heteroatoms. The lowest BCUT2D eigenvalue weighted by Crippen LogP contribution is -2.53. The van der Waals surface area contributed by atoms with Crippen molar-refractivity contribution in [1.29, 1.82) is 5.41 Å². The number of urea groups is 1. The quantitative estimate of drug-likeness (QED) is 0.410. The molecule has 1 saturated carbocycles. The van der Waals surface area contributed by atoms with Crippen LogP contribution < -0.4 is 16.4 Å². The lowest BCUT2D eigenvalue weighted by molar-refractivity contribution is 0.224. The second-order valence-electron chi connectivity index (χ2n) is 4.42. The zero-order valence-electron chi connectivity index (χ0n) is 9.34. The number of carbonyl (C=O) groups is 1. The van der Waals surface area contributed by atoms with Crippen LogP contribution in [0.1, 0.15) is 33.1 Å². The smallest absolute Gasteiger partial charge is 0.315 e. The third-order valence-electron chi connectivity index (χ3n) is 2.73. The van der Waals surface area contributed by atoms with E-state index in [9.17, 15) is 4.79 Å². The van der Waals surface area contributed by atoms with Crippen molar-refractivity contribution in [2.24, 2.45) is 11.7 Å². The Hall–Kier alpha value is -1.26. The van der Waals surface area contributed by atoms with Gasteiger partial charge in [-0.15, -0.1) is 0 Å². The van der Waals surface area contributed by atoms with Crippen molar-refractivity contribution in [3.8, 4) is 0 Å². The van der Waals surface area contributed by atoms with Gasteiger partial charge in [0.1, 0.15) is 5.84 Å². The number of rotatable bonds is 4. The van der Waals surface area contributed by atoms with Gasteiger partial charge in [0.15, 0.2) is 0 Å². The topological polar surface area (TPSA) is 91.0 Å². The van der Waals surface area contributed by atoms with E-state index in [1.54, 1.807) is 0 Å². The van der Waals surface area contributed by atoms with Crippen molar-refractivity contribution in [2.75, 3.05) is 0 Å². The molecule has 0 aromatic carbocycles. The lowest BCUT2D eigenvalue weighted by atomic mass is 9.93. The van der Waals surface area contributed by atoms with E-state index in [0.717, 1.165) is 12.8 Å². The monoisotopic (exact) mass is 212 g/mol. The van der Waals surface area contributed by atoms with Crippen LogP contribution in [-0.4, -0.2) is 24.0 Å². The maximum atomic E-state index is 11.5. The summed E-state index contributed by atoms with van der Waals surface area (Å²) in [6.45, 7) is 3.85. The van der Waals surface area contributed by atoms with Crippen LogP contribution in [-0.2, 0) is 0 Å². The van der Waals surface area contributed by atoms with E-state index in [2.05, 4.69) is 10.6 Å². The SMILES string of the molecule is CC(C)C(NC(=O)NC1CCC1)C(=N)N. The molecule has 1 unspecified atom stereocenters. The van der Waals surface area contributed by atoms with Crippen molar-refractivity contribution in [1.82, 2.24) is 10.6 Å². The Labute approximate surface area is 90.3 Å². The van der Waals surface area contributed by atoms with Crippen LogP contribution in [0.4, 0.5) is 4.79 Å². The maximum absolute atomic E-state index is 11.5. The van der Waals surface area contributed by atoms with E-state index < -0.39 is 0 Å². The molecule has 0 spiro atoms. The highest BCUT2D eigenvalue weighted by Crippen LogP contribution is 2.17. The predicted molar refractivity (Wildman–Crippen MR) is 59.8 cm³/mol. The van der Waals surface area contributed by atoms with Crippen LogP contribution in [0.25, 0.3) is 0 Å². The summed E-state index contributed by atoms with van der Waals surface area (Å²) >= 11 is 0. The van der Waals surface area contributed by atoms with Gasteiger partial charge in [0.2, 0.25) is 0 Å². The van der Waals surface area contributed by atoms with Crippen LogP contribution in [0.2, 0.25) is 0 Å². The summed E-state index contributed by atoms with van der Waals surface area (Å²) in [6, 6.07) is -0.275. The Morgan fingerprint density at radius 2 is 2.07 bits per heavy atom. The van der Waals surface area contributed by atoms with Crippen LogP contribution >= 0.6 is 0 Å². The Morgan fingerprint density at radius 3 is 2.40 bits per heavy atom. The van der Waals surface area contributed by atoms with Gasteiger partial charge >= 0.3 is 6.03 Å². The van der Waals surface area contributed by atoms with E-state index in [1.165, 1.54) is 6.42 Å². The van der Waals surface area contributed by atoms with Gasteiger partial charge in [-0.2, -0.15) is 0 Å². The zero-order chi connectivity index (χ0) is 11.4. The minimum atomic E-state index is -0.370. The molecule has 2 amide bonds. The Bertz CT molecular complexity index is 248. The third-order valence-corrected chi connectivity index (χ3v) is 2.73. The molecule has 0 aromatic heterocycles. The van der Waals surface area contributed by atoms with Crippen LogP contribution in [0.3, 0.4) is 0 Å². The molecule has 1 fully saturated rings. The van der Waals surface area contributed by atoms with Gasteiger partial charge in [-0.1, -0.05) is 13.8 Å². The van der Waals surface area contributed by atoms with Crippen molar-refractivity contribution >= 4 is 11.9 Å². The average Bonchev–Trinajstić information content (AvgIpc) is 2.06. The summed E-state index contributed by atoms with van der Waals surface area (Å²) in [4.78, 5) is 11.5. The first-order chi connectivity index (χ1) is 7.00. The summed E-state index contributed by atoms with van der Waals surface area (Å²) in [5, 5.41) is 12.9. The number of carbonyl (C=O) groups excluding carboxylic acids is 1. The fourth-order valence-electron chi connectivity index (χ4n) is 1.52. The Morgan fingerprint density at radius 1 is 1.47 bits per heavy atom. The molecule has 5 N–H and O–H groups in total. The highest BCUT2D eigenvalue weighted by Gasteiger charge is 2.23. The van der Waals surface area contributed by atoms with Gasteiger partial charge in [0.25, 0.3) is 0 Å². The van der Waals surface area contributed by atoms with E-state index >= 15 is 0 Å². The minimum absolute atomic E-state index is 0.00811. The molecule has 0 saturated heterocycles. The lowest BCUT2D eigenvalue weighted by Gasteiger charge is -2.28. The second kappa shape index (κ2) is 5.00. The molecule has 0 aliphatic heterocycles.